The summed E-state index contributed by atoms with van der Waals surface area (Å²) in [6, 6.07) is 1.52. The van der Waals surface area contributed by atoms with E-state index in [0.717, 1.165) is 0 Å². The highest BCUT2D eigenvalue weighted by atomic mass is 16.5. The first-order chi connectivity index (χ1) is 13.3. The number of amides is 1. The lowest BCUT2D eigenvalue weighted by atomic mass is 10.2. The topological polar surface area (TPSA) is 152 Å². The van der Waals surface area contributed by atoms with E-state index in [-0.39, 0.29) is 36.5 Å². The number of methoxy groups -OCH3 is 1. The van der Waals surface area contributed by atoms with E-state index in [0.29, 0.717) is 22.9 Å². The summed E-state index contributed by atoms with van der Waals surface area (Å²) >= 11 is 0. The Hall–Kier alpha value is -3.63. The highest BCUT2D eigenvalue weighted by Crippen LogP contribution is 2.15. The number of carbonyl (C=O) groups is 2. The molecule has 3 heterocycles. The minimum atomic E-state index is -0.562. The van der Waals surface area contributed by atoms with Gasteiger partial charge in [0.25, 0.3) is 5.56 Å². The third-order valence-corrected chi connectivity index (χ3v) is 4.23. The first-order valence-electron chi connectivity index (χ1n) is 8.42. The van der Waals surface area contributed by atoms with Crippen LogP contribution in [0.5, 0.6) is 0 Å². The molecule has 0 bridgehead atoms. The van der Waals surface area contributed by atoms with E-state index in [1.54, 1.807) is 6.92 Å². The van der Waals surface area contributed by atoms with Crippen LogP contribution in [0.4, 0.5) is 0 Å². The lowest BCUT2D eigenvalue weighted by molar-refractivity contribution is -0.121. The Morgan fingerprint density at radius 2 is 2.07 bits per heavy atom. The van der Waals surface area contributed by atoms with Gasteiger partial charge >= 0.3 is 11.7 Å². The third-order valence-electron chi connectivity index (χ3n) is 4.23. The lowest BCUT2D eigenvalue weighted by Crippen LogP contribution is -2.28. The van der Waals surface area contributed by atoms with Crippen molar-refractivity contribution in [3.8, 4) is 0 Å². The number of nitrogens with one attached hydrogen (secondary N) is 3. The van der Waals surface area contributed by atoms with Crippen LogP contribution >= 0.6 is 0 Å². The van der Waals surface area contributed by atoms with Crippen molar-refractivity contribution in [1.29, 1.82) is 0 Å². The molecular weight excluding hydrogens is 370 g/mol. The van der Waals surface area contributed by atoms with Gasteiger partial charge in [-0.2, -0.15) is 0 Å². The van der Waals surface area contributed by atoms with Crippen molar-refractivity contribution in [3.05, 3.63) is 49.8 Å². The molecule has 3 aromatic rings. The summed E-state index contributed by atoms with van der Waals surface area (Å²) in [5, 5.41) is 2.68. The van der Waals surface area contributed by atoms with Crippen molar-refractivity contribution in [1.82, 2.24) is 24.8 Å². The van der Waals surface area contributed by atoms with Gasteiger partial charge in [0, 0.05) is 19.9 Å². The summed E-state index contributed by atoms with van der Waals surface area (Å²) in [6.45, 7) is 1.75. The quantitative estimate of drug-likeness (QED) is 0.497. The number of esters is 1. The average Bonchev–Trinajstić information content (AvgIpc) is 3.26. The Bertz CT molecular complexity index is 1170. The average molecular weight is 389 g/mol. The minimum absolute atomic E-state index is 0.106. The second-order valence-corrected chi connectivity index (χ2v) is 6.15. The number of aromatic nitrogens is 4. The van der Waals surface area contributed by atoms with Crippen LogP contribution in [-0.4, -0.2) is 38.5 Å². The van der Waals surface area contributed by atoms with Crippen molar-refractivity contribution in [3.63, 3.8) is 0 Å². The molecule has 3 N–H and O–H groups in total. The number of furan rings is 1. The molecule has 0 atom stereocenters. The van der Waals surface area contributed by atoms with Gasteiger partial charge in [-0.1, -0.05) is 0 Å². The van der Waals surface area contributed by atoms with E-state index in [9.17, 15) is 19.2 Å². The lowest BCUT2D eigenvalue weighted by Gasteiger charge is -2.02. The Labute approximate surface area is 157 Å². The number of H-pyrrole nitrogens is 2. The van der Waals surface area contributed by atoms with Crippen molar-refractivity contribution in [2.45, 2.75) is 26.3 Å². The van der Waals surface area contributed by atoms with Gasteiger partial charge in [-0.05, 0) is 13.0 Å². The molecule has 11 nitrogen and oxygen atoms in total. The van der Waals surface area contributed by atoms with Gasteiger partial charge < -0.3 is 19.5 Å². The molecule has 148 valence electrons. The molecule has 0 unspecified atom stereocenters. The van der Waals surface area contributed by atoms with Crippen molar-refractivity contribution < 1.29 is 18.7 Å². The highest BCUT2D eigenvalue weighted by molar-refractivity contribution is 5.90. The molecule has 28 heavy (non-hydrogen) atoms. The molecule has 0 fully saturated rings. The van der Waals surface area contributed by atoms with E-state index in [2.05, 4.69) is 25.0 Å². The summed E-state index contributed by atoms with van der Waals surface area (Å²) in [5.41, 5.74) is -0.404. The molecule has 0 aliphatic carbocycles. The number of hydrogen-bond donors (Lipinski definition) is 3. The summed E-state index contributed by atoms with van der Waals surface area (Å²) in [7, 11) is 2.77. The second kappa shape index (κ2) is 7.55. The second-order valence-electron chi connectivity index (χ2n) is 6.15. The van der Waals surface area contributed by atoms with E-state index in [1.807, 2.05) is 0 Å². The number of nitrogens with zero attached hydrogens (tertiary/aromatic N) is 2. The van der Waals surface area contributed by atoms with Crippen molar-refractivity contribution in [2.75, 3.05) is 7.11 Å². The van der Waals surface area contributed by atoms with Crippen LogP contribution in [0.1, 0.15) is 34.1 Å². The molecular formula is C17H19N5O6. The normalized spacial score (nSPS) is 11.0. The number of imidazole rings is 1. The van der Waals surface area contributed by atoms with Gasteiger partial charge in [0.1, 0.15) is 28.4 Å². The molecule has 0 saturated carbocycles. The third kappa shape index (κ3) is 3.72. The van der Waals surface area contributed by atoms with Crippen LogP contribution in [0.3, 0.4) is 0 Å². The number of ether oxygens (including phenoxy) is 1. The number of rotatable bonds is 6. The molecule has 11 heteroatoms. The predicted molar refractivity (Wildman–Crippen MR) is 96.9 cm³/mol. The predicted octanol–water partition coefficient (Wildman–Crippen LogP) is -0.113. The smallest absolute Gasteiger partial charge is 0.341 e. The maximum atomic E-state index is 12.1. The number of carbonyl (C=O) groups excluding carboxylic acids is 2. The SMILES string of the molecule is COC(=O)c1cc(CNC(=O)CCc2nc3c([nH]2)c(=O)[nH]c(=O)n3C)oc1C. The fourth-order valence-corrected chi connectivity index (χ4v) is 2.72. The van der Waals surface area contributed by atoms with Crippen LogP contribution in [0.2, 0.25) is 0 Å². The zero-order valence-corrected chi connectivity index (χ0v) is 15.5. The number of fused-ring (bicyclic) bond motifs is 1. The fraction of sp³-hybridized carbons (Fsp3) is 0.353. The Kier molecular flexibility index (Phi) is 5.16. The molecule has 0 aliphatic heterocycles. The van der Waals surface area contributed by atoms with Crippen LogP contribution in [0, 0.1) is 6.92 Å². The Morgan fingerprint density at radius 1 is 1.32 bits per heavy atom. The van der Waals surface area contributed by atoms with E-state index >= 15 is 0 Å². The van der Waals surface area contributed by atoms with Gasteiger partial charge in [0.2, 0.25) is 5.91 Å². The molecule has 3 rings (SSSR count). The Balaban J connectivity index is 1.61. The van der Waals surface area contributed by atoms with Gasteiger partial charge in [0.05, 0.1) is 13.7 Å². The van der Waals surface area contributed by atoms with Crippen LogP contribution < -0.4 is 16.6 Å². The first-order valence-corrected chi connectivity index (χ1v) is 8.42. The maximum Gasteiger partial charge on any atom is 0.341 e. The number of hydrogen-bond acceptors (Lipinski definition) is 7. The van der Waals surface area contributed by atoms with Gasteiger partial charge in [-0.15, -0.1) is 0 Å². The molecule has 0 spiro atoms. The zero-order valence-electron chi connectivity index (χ0n) is 15.5. The minimum Gasteiger partial charge on any atom is -0.465 e. The van der Waals surface area contributed by atoms with Crippen molar-refractivity contribution in [2.24, 2.45) is 7.05 Å². The first kappa shape index (κ1) is 19.1. The fourth-order valence-electron chi connectivity index (χ4n) is 2.72. The van der Waals surface area contributed by atoms with Crippen LogP contribution in [-0.2, 0) is 29.5 Å². The molecule has 0 saturated heterocycles. The summed E-state index contributed by atoms with van der Waals surface area (Å²) in [5.74, 6) is 0.481. The maximum absolute atomic E-state index is 12.1. The van der Waals surface area contributed by atoms with E-state index in [1.165, 1.54) is 24.8 Å². The summed E-state index contributed by atoms with van der Waals surface area (Å²) < 4.78 is 11.3. The monoisotopic (exact) mass is 389 g/mol. The van der Waals surface area contributed by atoms with Crippen molar-refractivity contribution >= 4 is 23.0 Å². The molecule has 0 aliphatic rings. The highest BCUT2D eigenvalue weighted by Gasteiger charge is 2.16. The van der Waals surface area contributed by atoms with Crippen LogP contribution in [0.25, 0.3) is 11.2 Å². The summed E-state index contributed by atoms with van der Waals surface area (Å²) in [4.78, 5) is 56.2. The van der Waals surface area contributed by atoms with Gasteiger partial charge in [0.15, 0.2) is 5.65 Å². The standard InChI is InChI=1S/C17H19N5O6/c1-8-10(16(25)27-3)6-9(28-8)7-18-12(23)5-4-11-19-13-14(20-11)22(2)17(26)21-15(13)24/h6H,4-5,7H2,1-3H3,(H,18,23)(H,19,20)(H,21,24,26). The molecule has 0 radical (unpaired) electrons. The number of aromatic amines is 2. The van der Waals surface area contributed by atoms with E-state index in [4.69, 9.17) is 4.42 Å². The van der Waals surface area contributed by atoms with Crippen LogP contribution in [0.15, 0.2) is 20.1 Å². The summed E-state index contributed by atoms with van der Waals surface area (Å²) in [6.07, 6.45) is 0.355. The van der Waals surface area contributed by atoms with Gasteiger partial charge in [-0.3, -0.25) is 19.1 Å². The van der Waals surface area contributed by atoms with E-state index < -0.39 is 17.2 Å². The zero-order chi connectivity index (χ0) is 20.4. The molecule has 1 amide bonds. The molecule has 0 aromatic carbocycles. The molecule has 3 aromatic heterocycles. The van der Waals surface area contributed by atoms with Gasteiger partial charge in [-0.25, -0.2) is 14.6 Å². The Morgan fingerprint density at radius 3 is 2.79 bits per heavy atom. The number of aryl methyl sites for hydroxylation is 3. The largest absolute Gasteiger partial charge is 0.465 e.